The SMILES string of the molecule is COc1ccc(C[C@@H](CN)NC(=O)c2ccc(-c3ccnc4[nH]ccc34)s2)cc1. The van der Waals surface area contributed by atoms with Gasteiger partial charge in [0, 0.05) is 40.8 Å². The molecular formula is C22H22N4O2S. The van der Waals surface area contributed by atoms with Crippen LogP contribution in [0.2, 0.25) is 0 Å². The fourth-order valence-corrected chi connectivity index (χ4v) is 4.23. The van der Waals surface area contributed by atoms with Crippen LogP contribution in [0.4, 0.5) is 0 Å². The Balaban J connectivity index is 1.47. The first-order chi connectivity index (χ1) is 14.2. The molecule has 0 aliphatic carbocycles. The topological polar surface area (TPSA) is 93.0 Å². The molecule has 4 aromatic rings. The summed E-state index contributed by atoms with van der Waals surface area (Å²) in [5.74, 6) is 0.699. The minimum atomic E-state index is -0.140. The van der Waals surface area contributed by atoms with Crippen molar-refractivity contribution < 1.29 is 9.53 Å². The van der Waals surface area contributed by atoms with Gasteiger partial charge in [-0.25, -0.2) is 4.98 Å². The van der Waals surface area contributed by atoms with Crippen molar-refractivity contribution in [2.75, 3.05) is 13.7 Å². The van der Waals surface area contributed by atoms with E-state index in [1.54, 1.807) is 13.3 Å². The van der Waals surface area contributed by atoms with E-state index >= 15 is 0 Å². The number of nitrogens with one attached hydrogen (secondary N) is 2. The molecule has 148 valence electrons. The van der Waals surface area contributed by atoms with Gasteiger partial charge < -0.3 is 20.8 Å². The molecular weight excluding hydrogens is 384 g/mol. The number of thiophene rings is 1. The van der Waals surface area contributed by atoms with Crippen molar-refractivity contribution >= 4 is 28.3 Å². The number of amides is 1. The molecule has 0 aliphatic rings. The number of aromatic nitrogens is 2. The number of aromatic amines is 1. The Bertz CT molecular complexity index is 1120. The number of nitrogens with zero attached hydrogens (tertiary/aromatic N) is 1. The van der Waals surface area contributed by atoms with E-state index in [-0.39, 0.29) is 11.9 Å². The van der Waals surface area contributed by atoms with Gasteiger partial charge in [0.1, 0.15) is 11.4 Å². The fourth-order valence-electron chi connectivity index (χ4n) is 3.28. The lowest BCUT2D eigenvalue weighted by atomic mass is 10.1. The highest BCUT2D eigenvalue weighted by atomic mass is 32.1. The minimum absolute atomic E-state index is 0.107. The summed E-state index contributed by atoms with van der Waals surface area (Å²) in [6.45, 7) is 0.365. The van der Waals surface area contributed by atoms with E-state index in [1.165, 1.54) is 11.3 Å². The molecule has 0 unspecified atom stereocenters. The van der Waals surface area contributed by atoms with Crippen LogP contribution in [0.5, 0.6) is 5.75 Å². The average molecular weight is 407 g/mol. The van der Waals surface area contributed by atoms with Crippen molar-refractivity contribution in [3.63, 3.8) is 0 Å². The lowest BCUT2D eigenvalue weighted by Gasteiger charge is -2.16. The molecule has 4 rings (SSSR count). The molecule has 1 amide bonds. The monoisotopic (exact) mass is 406 g/mol. The normalized spacial score (nSPS) is 12.1. The zero-order valence-corrected chi connectivity index (χ0v) is 16.8. The molecule has 0 aliphatic heterocycles. The number of H-pyrrole nitrogens is 1. The number of hydrogen-bond donors (Lipinski definition) is 3. The van der Waals surface area contributed by atoms with Crippen LogP contribution in [0.1, 0.15) is 15.2 Å². The first-order valence-corrected chi connectivity index (χ1v) is 10.2. The predicted octanol–water partition coefficient (Wildman–Crippen LogP) is 3.60. The van der Waals surface area contributed by atoms with E-state index in [1.807, 2.05) is 54.7 Å². The van der Waals surface area contributed by atoms with Crippen molar-refractivity contribution in [1.29, 1.82) is 0 Å². The van der Waals surface area contributed by atoms with E-state index in [0.29, 0.717) is 17.8 Å². The van der Waals surface area contributed by atoms with Crippen LogP contribution in [0.15, 0.2) is 60.9 Å². The van der Waals surface area contributed by atoms with Crippen molar-refractivity contribution in [2.45, 2.75) is 12.5 Å². The van der Waals surface area contributed by atoms with Crippen molar-refractivity contribution in [1.82, 2.24) is 15.3 Å². The number of hydrogen-bond acceptors (Lipinski definition) is 5. The van der Waals surface area contributed by atoms with Crippen LogP contribution in [0, 0.1) is 0 Å². The van der Waals surface area contributed by atoms with Crippen LogP contribution >= 0.6 is 11.3 Å². The Morgan fingerprint density at radius 2 is 2.03 bits per heavy atom. The lowest BCUT2D eigenvalue weighted by molar-refractivity contribution is 0.0942. The van der Waals surface area contributed by atoms with Gasteiger partial charge in [0.15, 0.2) is 0 Å². The smallest absolute Gasteiger partial charge is 0.261 e. The summed E-state index contributed by atoms with van der Waals surface area (Å²) < 4.78 is 5.18. The van der Waals surface area contributed by atoms with E-state index in [2.05, 4.69) is 15.3 Å². The number of benzene rings is 1. The van der Waals surface area contributed by atoms with Crippen LogP contribution in [-0.4, -0.2) is 35.6 Å². The largest absolute Gasteiger partial charge is 0.497 e. The highest BCUT2D eigenvalue weighted by Crippen LogP contribution is 2.32. The summed E-state index contributed by atoms with van der Waals surface area (Å²) in [7, 11) is 1.64. The number of pyridine rings is 1. The Morgan fingerprint density at radius 1 is 1.21 bits per heavy atom. The molecule has 3 heterocycles. The quantitative estimate of drug-likeness (QED) is 0.437. The maximum Gasteiger partial charge on any atom is 0.261 e. The van der Waals surface area contributed by atoms with Crippen molar-refractivity contribution in [3.8, 4) is 16.2 Å². The maximum atomic E-state index is 12.8. The Morgan fingerprint density at radius 3 is 2.79 bits per heavy atom. The third-order valence-corrected chi connectivity index (χ3v) is 5.93. The van der Waals surface area contributed by atoms with Gasteiger partial charge in [0.05, 0.1) is 12.0 Å². The Kier molecular flexibility index (Phi) is 5.59. The Labute approximate surface area is 172 Å². The summed E-state index contributed by atoms with van der Waals surface area (Å²) in [4.78, 5) is 21.9. The van der Waals surface area contributed by atoms with E-state index in [0.717, 1.165) is 32.8 Å². The molecule has 3 aromatic heterocycles. The molecule has 7 heteroatoms. The molecule has 1 aromatic carbocycles. The highest BCUT2D eigenvalue weighted by Gasteiger charge is 2.16. The number of carbonyl (C=O) groups excluding carboxylic acids is 1. The second kappa shape index (κ2) is 8.46. The minimum Gasteiger partial charge on any atom is -0.497 e. The van der Waals surface area contributed by atoms with Crippen molar-refractivity contribution in [3.05, 3.63) is 71.4 Å². The summed E-state index contributed by atoms with van der Waals surface area (Å²) in [5.41, 5.74) is 8.90. The first kappa shape index (κ1) is 19.2. The number of fused-ring (bicyclic) bond motifs is 1. The molecule has 29 heavy (non-hydrogen) atoms. The number of rotatable bonds is 7. The predicted molar refractivity (Wildman–Crippen MR) is 116 cm³/mol. The number of nitrogens with two attached hydrogens (primary N) is 1. The standard InChI is InChI=1S/C22H22N4O2S/c1-28-16-4-2-14(3-5-16)12-15(13-23)26-22(27)20-7-6-19(29-20)17-8-10-24-21-18(17)9-11-25-21/h2-11,15H,12-13,23H2,1H3,(H,24,25)(H,26,27)/t15-/m0/s1. The van der Waals surface area contributed by atoms with Gasteiger partial charge in [-0.2, -0.15) is 0 Å². The molecule has 0 fully saturated rings. The molecule has 1 atom stereocenters. The van der Waals surface area contributed by atoms with E-state index in [9.17, 15) is 4.79 Å². The van der Waals surface area contributed by atoms with Gasteiger partial charge in [-0.1, -0.05) is 12.1 Å². The zero-order valence-electron chi connectivity index (χ0n) is 16.0. The maximum absolute atomic E-state index is 12.8. The summed E-state index contributed by atoms with van der Waals surface area (Å²) in [6, 6.07) is 15.5. The lowest BCUT2D eigenvalue weighted by Crippen LogP contribution is -2.41. The average Bonchev–Trinajstić information content (AvgIpc) is 3.43. The highest BCUT2D eigenvalue weighted by molar-refractivity contribution is 7.17. The fraction of sp³-hybridized carbons (Fsp3) is 0.182. The summed E-state index contributed by atoms with van der Waals surface area (Å²) >= 11 is 1.46. The van der Waals surface area contributed by atoms with Crippen LogP contribution in [-0.2, 0) is 6.42 Å². The number of carbonyl (C=O) groups is 1. The van der Waals surface area contributed by atoms with Gasteiger partial charge >= 0.3 is 0 Å². The second-order valence-corrected chi connectivity index (χ2v) is 7.80. The third-order valence-electron chi connectivity index (χ3n) is 4.82. The van der Waals surface area contributed by atoms with Gasteiger partial charge in [0.25, 0.3) is 5.91 Å². The number of ether oxygens (including phenoxy) is 1. The molecule has 0 saturated heterocycles. The molecule has 0 saturated carbocycles. The summed E-state index contributed by atoms with van der Waals surface area (Å²) in [6.07, 6.45) is 4.30. The van der Waals surface area contributed by atoms with Gasteiger partial charge in [-0.05, 0) is 48.4 Å². The van der Waals surface area contributed by atoms with Crippen molar-refractivity contribution in [2.24, 2.45) is 5.73 Å². The molecule has 0 spiro atoms. The third kappa shape index (κ3) is 4.16. The van der Waals surface area contributed by atoms with Crippen LogP contribution in [0.3, 0.4) is 0 Å². The molecule has 6 nitrogen and oxygen atoms in total. The zero-order chi connectivity index (χ0) is 20.2. The van der Waals surface area contributed by atoms with Gasteiger partial charge in [-0.15, -0.1) is 11.3 Å². The second-order valence-electron chi connectivity index (χ2n) is 6.72. The van der Waals surface area contributed by atoms with Crippen LogP contribution in [0.25, 0.3) is 21.5 Å². The molecule has 4 N–H and O–H groups in total. The molecule has 0 radical (unpaired) electrons. The Hall–Kier alpha value is -3.16. The van der Waals surface area contributed by atoms with Crippen LogP contribution < -0.4 is 15.8 Å². The molecule has 0 bridgehead atoms. The number of methoxy groups -OCH3 is 1. The van der Waals surface area contributed by atoms with E-state index in [4.69, 9.17) is 10.5 Å². The van der Waals surface area contributed by atoms with Gasteiger partial charge in [0.2, 0.25) is 0 Å². The summed E-state index contributed by atoms with van der Waals surface area (Å²) in [5, 5.41) is 4.10. The van der Waals surface area contributed by atoms with Gasteiger partial charge in [-0.3, -0.25) is 4.79 Å². The van der Waals surface area contributed by atoms with E-state index < -0.39 is 0 Å². The first-order valence-electron chi connectivity index (χ1n) is 9.34.